The predicted octanol–water partition coefficient (Wildman–Crippen LogP) is 3.01. The number of hydrogen-bond acceptors (Lipinski definition) is 5. The summed E-state index contributed by atoms with van der Waals surface area (Å²) in [4.78, 5) is 26.5. The van der Waals surface area contributed by atoms with Crippen LogP contribution < -0.4 is 5.32 Å². The molecule has 156 valence electrons. The number of amides is 1. The zero-order chi connectivity index (χ0) is 20.9. The molecule has 0 spiro atoms. The van der Waals surface area contributed by atoms with Gasteiger partial charge in [0.05, 0.1) is 25.9 Å². The van der Waals surface area contributed by atoms with Crippen LogP contribution in [0.4, 0.5) is 5.69 Å². The molecule has 3 aromatic rings. The van der Waals surface area contributed by atoms with Gasteiger partial charge in [-0.2, -0.15) is 0 Å². The third-order valence-electron chi connectivity index (χ3n) is 5.36. The molecule has 0 bridgehead atoms. The number of fused-ring (bicyclic) bond motifs is 1. The smallest absolute Gasteiger partial charge is 0.337 e. The Balaban J connectivity index is 1.41. The van der Waals surface area contributed by atoms with Crippen molar-refractivity contribution < 1.29 is 19.1 Å². The number of morpholine rings is 1. The Morgan fingerprint density at radius 3 is 2.47 bits per heavy atom. The van der Waals surface area contributed by atoms with E-state index in [1.807, 2.05) is 18.2 Å². The molecule has 1 aliphatic heterocycles. The fraction of sp³-hybridized carbons (Fsp3) is 0.304. The van der Waals surface area contributed by atoms with Crippen molar-refractivity contribution in [3.8, 4) is 0 Å². The fourth-order valence-electron chi connectivity index (χ4n) is 3.63. The molecule has 0 radical (unpaired) electrons. The van der Waals surface area contributed by atoms with Crippen LogP contribution in [-0.2, 0) is 16.0 Å². The number of carbonyl (C=O) groups excluding carboxylic acids is 2. The van der Waals surface area contributed by atoms with E-state index < -0.39 is 5.97 Å². The first-order valence-electron chi connectivity index (χ1n) is 10.0. The molecule has 4 rings (SSSR count). The normalized spacial score (nSPS) is 14.6. The minimum Gasteiger partial charge on any atom is -0.465 e. The highest BCUT2D eigenvalue weighted by Gasteiger charge is 2.12. The van der Waals surface area contributed by atoms with Gasteiger partial charge in [-0.25, -0.2) is 4.79 Å². The number of methoxy groups -OCH3 is 1. The molecule has 0 atom stereocenters. The maximum absolute atomic E-state index is 12.5. The van der Waals surface area contributed by atoms with E-state index in [9.17, 15) is 9.59 Å². The molecular formula is C23H25N3O4. The van der Waals surface area contributed by atoms with Crippen LogP contribution in [0.5, 0.6) is 0 Å². The Kier molecular flexibility index (Phi) is 6.11. The lowest BCUT2D eigenvalue weighted by molar-refractivity contribution is 0.0365. The summed E-state index contributed by atoms with van der Waals surface area (Å²) < 4.78 is 12.3. The quantitative estimate of drug-likeness (QED) is 0.636. The number of benzene rings is 2. The first-order valence-corrected chi connectivity index (χ1v) is 10.0. The Bertz CT molecular complexity index is 1040. The Morgan fingerprint density at radius 2 is 1.73 bits per heavy atom. The lowest BCUT2D eigenvalue weighted by Crippen LogP contribution is -2.38. The van der Waals surface area contributed by atoms with Gasteiger partial charge in [0.1, 0.15) is 0 Å². The van der Waals surface area contributed by atoms with Crippen LogP contribution in [0, 0.1) is 0 Å². The van der Waals surface area contributed by atoms with Crippen LogP contribution in [0.3, 0.4) is 0 Å². The number of carbonyl (C=O) groups is 2. The highest BCUT2D eigenvalue weighted by atomic mass is 16.5. The lowest BCUT2D eigenvalue weighted by atomic mass is 10.1. The SMILES string of the molecule is COC(=O)c1ccc(C(=O)Nc2ccc3c(ccn3CCN3CCOCC3)c2)cc1. The van der Waals surface area contributed by atoms with E-state index in [-0.39, 0.29) is 5.91 Å². The first kappa shape index (κ1) is 20.1. The molecule has 30 heavy (non-hydrogen) atoms. The van der Waals surface area contributed by atoms with Crippen molar-refractivity contribution in [2.45, 2.75) is 6.54 Å². The Labute approximate surface area is 175 Å². The molecule has 0 unspecified atom stereocenters. The molecule has 7 nitrogen and oxygen atoms in total. The van der Waals surface area contributed by atoms with E-state index in [0.717, 1.165) is 56.0 Å². The molecule has 0 saturated carbocycles. The van der Waals surface area contributed by atoms with Gasteiger partial charge in [0.25, 0.3) is 5.91 Å². The first-order chi connectivity index (χ1) is 14.6. The minimum atomic E-state index is -0.425. The number of anilines is 1. The second-order valence-corrected chi connectivity index (χ2v) is 7.26. The van der Waals surface area contributed by atoms with Crippen LogP contribution in [0.15, 0.2) is 54.7 Å². The molecule has 2 heterocycles. The summed E-state index contributed by atoms with van der Waals surface area (Å²) in [6.07, 6.45) is 2.09. The number of esters is 1. The van der Waals surface area contributed by atoms with Gasteiger partial charge in [-0.05, 0) is 48.5 Å². The topological polar surface area (TPSA) is 72.8 Å². The van der Waals surface area contributed by atoms with E-state index in [1.54, 1.807) is 24.3 Å². The summed E-state index contributed by atoms with van der Waals surface area (Å²) in [7, 11) is 1.33. The molecule has 1 aliphatic rings. The maximum atomic E-state index is 12.5. The zero-order valence-electron chi connectivity index (χ0n) is 17.0. The summed E-state index contributed by atoms with van der Waals surface area (Å²) in [5.41, 5.74) is 2.76. The second-order valence-electron chi connectivity index (χ2n) is 7.26. The van der Waals surface area contributed by atoms with E-state index >= 15 is 0 Å². The highest BCUT2D eigenvalue weighted by Crippen LogP contribution is 2.21. The Hall–Kier alpha value is -3.16. The molecular weight excluding hydrogens is 382 g/mol. The predicted molar refractivity (Wildman–Crippen MR) is 115 cm³/mol. The summed E-state index contributed by atoms with van der Waals surface area (Å²) >= 11 is 0. The molecule has 2 aromatic carbocycles. The lowest BCUT2D eigenvalue weighted by Gasteiger charge is -2.26. The van der Waals surface area contributed by atoms with Crippen LogP contribution in [0.1, 0.15) is 20.7 Å². The van der Waals surface area contributed by atoms with Crippen LogP contribution >= 0.6 is 0 Å². The standard InChI is InChI=1S/C23H25N3O4/c1-29-23(28)18-4-2-17(3-5-18)22(27)24-20-6-7-21-19(16-20)8-9-26(21)11-10-25-12-14-30-15-13-25/h2-9,16H,10-15H2,1H3,(H,24,27). The third kappa shape index (κ3) is 4.53. The summed E-state index contributed by atoms with van der Waals surface area (Å²) in [5.74, 6) is -0.650. The number of ether oxygens (including phenoxy) is 2. The van der Waals surface area contributed by atoms with Gasteiger partial charge >= 0.3 is 5.97 Å². The van der Waals surface area contributed by atoms with Crippen molar-refractivity contribution in [2.24, 2.45) is 0 Å². The van der Waals surface area contributed by atoms with Gasteiger partial charge in [0.15, 0.2) is 0 Å². The number of nitrogens with one attached hydrogen (secondary N) is 1. The van der Waals surface area contributed by atoms with Crippen molar-refractivity contribution >= 4 is 28.5 Å². The van der Waals surface area contributed by atoms with Crippen molar-refractivity contribution in [1.29, 1.82) is 0 Å². The van der Waals surface area contributed by atoms with Crippen molar-refractivity contribution in [2.75, 3.05) is 45.3 Å². The number of rotatable bonds is 6. The van der Waals surface area contributed by atoms with Crippen molar-refractivity contribution in [3.05, 3.63) is 65.9 Å². The van der Waals surface area contributed by atoms with Crippen LogP contribution in [0.25, 0.3) is 10.9 Å². The molecule has 1 fully saturated rings. The molecule has 1 N–H and O–H groups in total. The van der Waals surface area contributed by atoms with Gasteiger partial charge < -0.3 is 19.4 Å². The molecule has 1 aromatic heterocycles. The van der Waals surface area contributed by atoms with E-state index in [0.29, 0.717) is 11.1 Å². The average molecular weight is 407 g/mol. The van der Waals surface area contributed by atoms with Gasteiger partial charge in [0.2, 0.25) is 0 Å². The molecule has 1 amide bonds. The van der Waals surface area contributed by atoms with Gasteiger partial charge in [-0.15, -0.1) is 0 Å². The van der Waals surface area contributed by atoms with E-state index in [1.165, 1.54) is 7.11 Å². The van der Waals surface area contributed by atoms with Gasteiger partial charge in [-0.1, -0.05) is 0 Å². The van der Waals surface area contributed by atoms with Gasteiger partial charge in [0, 0.05) is 54.5 Å². The summed E-state index contributed by atoms with van der Waals surface area (Å²) in [5, 5.41) is 4.00. The van der Waals surface area contributed by atoms with Crippen LogP contribution in [-0.4, -0.2) is 61.3 Å². The fourth-order valence-corrected chi connectivity index (χ4v) is 3.63. The minimum absolute atomic E-state index is 0.225. The molecule has 7 heteroatoms. The largest absolute Gasteiger partial charge is 0.465 e. The highest BCUT2D eigenvalue weighted by molar-refractivity contribution is 6.05. The number of nitrogens with zero attached hydrogens (tertiary/aromatic N) is 2. The Morgan fingerprint density at radius 1 is 1.00 bits per heavy atom. The van der Waals surface area contributed by atoms with E-state index in [4.69, 9.17) is 4.74 Å². The van der Waals surface area contributed by atoms with Gasteiger partial charge in [-0.3, -0.25) is 9.69 Å². The zero-order valence-corrected chi connectivity index (χ0v) is 17.0. The number of hydrogen-bond donors (Lipinski definition) is 1. The average Bonchev–Trinajstić information content (AvgIpc) is 3.20. The number of aromatic nitrogens is 1. The maximum Gasteiger partial charge on any atom is 0.337 e. The van der Waals surface area contributed by atoms with E-state index in [2.05, 4.69) is 31.8 Å². The summed E-state index contributed by atoms with van der Waals surface area (Å²) in [6, 6.07) is 14.4. The summed E-state index contributed by atoms with van der Waals surface area (Å²) in [6.45, 7) is 5.49. The molecule has 1 saturated heterocycles. The van der Waals surface area contributed by atoms with Crippen LogP contribution in [0.2, 0.25) is 0 Å². The van der Waals surface area contributed by atoms with Crippen molar-refractivity contribution in [1.82, 2.24) is 9.47 Å². The monoisotopic (exact) mass is 407 g/mol. The third-order valence-corrected chi connectivity index (χ3v) is 5.36. The van der Waals surface area contributed by atoms with Crippen molar-refractivity contribution in [3.63, 3.8) is 0 Å². The second kappa shape index (κ2) is 9.11. The molecule has 0 aliphatic carbocycles.